The van der Waals surface area contributed by atoms with E-state index in [4.69, 9.17) is 9.47 Å². The molecular weight excluding hydrogens is 517 g/mol. The molecule has 1 aliphatic rings. The maximum absolute atomic E-state index is 5.58. The molecule has 1 heterocycles. The van der Waals surface area contributed by atoms with Crippen LogP contribution in [-0.4, -0.2) is 88.5 Å². The van der Waals surface area contributed by atoms with Crippen LogP contribution in [0.2, 0.25) is 0 Å². The Morgan fingerprint density at radius 3 is 2.12 bits per heavy atom. The molecule has 0 atom stereocenters. The Labute approximate surface area is 212 Å². The zero-order valence-corrected chi connectivity index (χ0v) is 22.6. The lowest BCUT2D eigenvalue weighted by atomic mass is 10.1. The van der Waals surface area contributed by atoms with Gasteiger partial charge in [-0.2, -0.15) is 0 Å². The molecule has 184 valence electrons. The van der Waals surface area contributed by atoms with Crippen molar-refractivity contribution in [3.8, 4) is 0 Å². The Morgan fingerprint density at radius 1 is 0.875 bits per heavy atom. The minimum atomic E-state index is 0. The van der Waals surface area contributed by atoms with Crippen LogP contribution in [0.1, 0.15) is 37.8 Å². The summed E-state index contributed by atoms with van der Waals surface area (Å²) in [5.41, 5.74) is 2.63. The van der Waals surface area contributed by atoms with Crippen molar-refractivity contribution in [3.05, 3.63) is 35.4 Å². The van der Waals surface area contributed by atoms with Crippen molar-refractivity contribution in [1.29, 1.82) is 0 Å². The van der Waals surface area contributed by atoms with E-state index in [9.17, 15) is 0 Å². The molecule has 1 aromatic rings. The Hall–Kier alpha value is -0.940. The van der Waals surface area contributed by atoms with Crippen LogP contribution in [0.25, 0.3) is 0 Å². The van der Waals surface area contributed by atoms with Gasteiger partial charge in [-0.15, -0.1) is 24.0 Å². The summed E-state index contributed by atoms with van der Waals surface area (Å²) in [7, 11) is 1.79. The Kier molecular flexibility index (Phi) is 16.8. The predicted molar refractivity (Wildman–Crippen MR) is 144 cm³/mol. The van der Waals surface area contributed by atoms with Crippen molar-refractivity contribution in [2.75, 3.05) is 72.7 Å². The second-order valence-corrected chi connectivity index (χ2v) is 7.96. The molecule has 0 amide bonds. The minimum absolute atomic E-state index is 0. The van der Waals surface area contributed by atoms with Gasteiger partial charge in [0, 0.05) is 59.5 Å². The van der Waals surface area contributed by atoms with E-state index < -0.39 is 0 Å². The number of unbranched alkanes of at least 4 members (excludes halogenated alkanes) is 1. The van der Waals surface area contributed by atoms with E-state index in [1.807, 2.05) is 0 Å². The number of nitrogens with one attached hydrogen (secondary N) is 2. The predicted octanol–water partition coefficient (Wildman–Crippen LogP) is 2.94. The largest absolute Gasteiger partial charge is 0.379 e. The van der Waals surface area contributed by atoms with Crippen LogP contribution in [0.3, 0.4) is 0 Å². The Bertz CT molecular complexity index is 607. The van der Waals surface area contributed by atoms with E-state index in [1.165, 1.54) is 24.2 Å². The molecule has 2 N–H and O–H groups in total. The van der Waals surface area contributed by atoms with Gasteiger partial charge in [-0.05, 0) is 24.1 Å². The lowest BCUT2D eigenvalue weighted by Crippen LogP contribution is -2.45. The van der Waals surface area contributed by atoms with Gasteiger partial charge >= 0.3 is 0 Å². The SMILES string of the molecule is CCCCOCCOCCNC(=NC)NCc1ccc(CN2CCN(CC)CC2)cc1.I. The molecule has 7 nitrogen and oxygen atoms in total. The molecule has 8 heteroatoms. The topological polar surface area (TPSA) is 61.4 Å². The third-order valence-corrected chi connectivity index (χ3v) is 5.58. The van der Waals surface area contributed by atoms with Crippen molar-refractivity contribution >= 4 is 29.9 Å². The smallest absolute Gasteiger partial charge is 0.191 e. The van der Waals surface area contributed by atoms with Crippen LogP contribution in [0.15, 0.2) is 29.3 Å². The number of ether oxygens (including phenoxy) is 2. The lowest BCUT2D eigenvalue weighted by molar-refractivity contribution is 0.0487. The van der Waals surface area contributed by atoms with Crippen molar-refractivity contribution in [1.82, 2.24) is 20.4 Å². The molecule has 0 radical (unpaired) electrons. The first-order chi connectivity index (χ1) is 15.2. The van der Waals surface area contributed by atoms with Gasteiger partial charge in [-0.3, -0.25) is 9.89 Å². The number of nitrogens with zero attached hydrogens (tertiary/aromatic N) is 3. The normalized spacial score (nSPS) is 15.4. The summed E-state index contributed by atoms with van der Waals surface area (Å²) in [5, 5.41) is 6.65. The Morgan fingerprint density at radius 2 is 1.50 bits per heavy atom. The van der Waals surface area contributed by atoms with Gasteiger partial charge in [-0.25, -0.2) is 0 Å². The summed E-state index contributed by atoms with van der Waals surface area (Å²) in [6, 6.07) is 8.91. The summed E-state index contributed by atoms with van der Waals surface area (Å²) in [6.45, 7) is 15.5. The van der Waals surface area contributed by atoms with Gasteiger partial charge in [0.1, 0.15) is 0 Å². The maximum Gasteiger partial charge on any atom is 0.191 e. The molecule has 0 spiro atoms. The average Bonchev–Trinajstić information content (AvgIpc) is 2.81. The van der Waals surface area contributed by atoms with Crippen LogP contribution in [0.5, 0.6) is 0 Å². The monoisotopic (exact) mass is 561 g/mol. The van der Waals surface area contributed by atoms with E-state index in [0.717, 1.165) is 64.7 Å². The summed E-state index contributed by atoms with van der Waals surface area (Å²) >= 11 is 0. The summed E-state index contributed by atoms with van der Waals surface area (Å²) in [5.74, 6) is 0.792. The summed E-state index contributed by atoms with van der Waals surface area (Å²) < 4.78 is 11.1. The zero-order chi connectivity index (χ0) is 22.2. The van der Waals surface area contributed by atoms with Crippen LogP contribution in [-0.2, 0) is 22.6 Å². The fraction of sp³-hybridized carbons (Fsp3) is 0.708. The van der Waals surface area contributed by atoms with Gasteiger partial charge in [0.2, 0.25) is 0 Å². The van der Waals surface area contributed by atoms with Gasteiger partial charge in [0.05, 0.1) is 19.8 Å². The van der Waals surface area contributed by atoms with E-state index in [2.05, 4.69) is 63.5 Å². The summed E-state index contributed by atoms with van der Waals surface area (Å²) in [4.78, 5) is 9.34. The molecule has 32 heavy (non-hydrogen) atoms. The van der Waals surface area contributed by atoms with Crippen LogP contribution >= 0.6 is 24.0 Å². The highest BCUT2D eigenvalue weighted by molar-refractivity contribution is 14.0. The Balaban J connectivity index is 0.00000512. The number of hydrogen-bond acceptors (Lipinski definition) is 5. The average molecular weight is 562 g/mol. The van der Waals surface area contributed by atoms with Gasteiger partial charge in [-0.1, -0.05) is 44.5 Å². The fourth-order valence-corrected chi connectivity index (χ4v) is 3.50. The molecule has 0 saturated carbocycles. The van der Waals surface area contributed by atoms with Gasteiger partial charge in [0.15, 0.2) is 5.96 Å². The number of likely N-dealkylation sites (N-methyl/N-ethyl adjacent to an activating group) is 1. The van der Waals surface area contributed by atoms with Gasteiger partial charge in [0.25, 0.3) is 0 Å². The highest BCUT2D eigenvalue weighted by Gasteiger charge is 2.15. The van der Waals surface area contributed by atoms with Crippen molar-refractivity contribution in [2.45, 2.75) is 39.8 Å². The molecule has 0 bridgehead atoms. The molecule has 0 aromatic heterocycles. The third kappa shape index (κ3) is 12.3. The van der Waals surface area contributed by atoms with Crippen molar-refractivity contribution in [3.63, 3.8) is 0 Å². The molecule has 0 unspecified atom stereocenters. The first-order valence-corrected chi connectivity index (χ1v) is 11.9. The molecule has 2 rings (SSSR count). The minimum Gasteiger partial charge on any atom is -0.379 e. The first kappa shape index (κ1) is 29.1. The number of halogens is 1. The quantitative estimate of drug-likeness (QED) is 0.158. The van der Waals surface area contributed by atoms with Crippen molar-refractivity contribution < 1.29 is 9.47 Å². The number of rotatable bonds is 14. The lowest BCUT2D eigenvalue weighted by Gasteiger charge is -2.34. The molecular formula is C24H44IN5O2. The van der Waals surface area contributed by atoms with Crippen molar-refractivity contribution in [2.24, 2.45) is 4.99 Å². The van der Waals surface area contributed by atoms with E-state index in [1.54, 1.807) is 7.05 Å². The van der Waals surface area contributed by atoms with Crippen LogP contribution < -0.4 is 10.6 Å². The molecule has 1 saturated heterocycles. The second kappa shape index (κ2) is 18.5. The molecule has 1 fully saturated rings. The highest BCUT2D eigenvalue weighted by atomic mass is 127. The third-order valence-electron chi connectivity index (χ3n) is 5.58. The second-order valence-electron chi connectivity index (χ2n) is 7.96. The number of piperazine rings is 1. The standard InChI is InChI=1S/C24H43N5O2.HI/c1-4-6-16-30-18-19-31-17-11-26-24(25-3)27-20-22-7-9-23(10-8-22)21-29-14-12-28(5-2)13-15-29;/h7-10H,4-6,11-21H2,1-3H3,(H2,25,26,27);1H. The number of hydrogen-bond donors (Lipinski definition) is 2. The number of guanidine groups is 1. The van der Waals surface area contributed by atoms with E-state index in [-0.39, 0.29) is 24.0 Å². The number of benzene rings is 1. The van der Waals surface area contributed by atoms with E-state index >= 15 is 0 Å². The first-order valence-electron chi connectivity index (χ1n) is 11.9. The molecule has 0 aliphatic carbocycles. The maximum atomic E-state index is 5.58. The number of aliphatic imine (C=N–C) groups is 1. The van der Waals surface area contributed by atoms with Crippen LogP contribution in [0, 0.1) is 0 Å². The van der Waals surface area contributed by atoms with Crippen LogP contribution in [0.4, 0.5) is 0 Å². The van der Waals surface area contributed by atoms with E-state index in [0.29, 0.717) is 19.8 Å². The zero-order valence-electron chi connectivity index (χ0n) is 20.3. The summed E-state index contributed by atoms with van der Waals surface area (Å²) in [6.07, 6.45) is 2.28. The van der Waals surface area contributed by atoms with Gasteiger partial charge < -0.3 is 25.0 Å². The molecule has 1 aromatic carbocycles. The fourth-order valence-electron chi connectivity index (χ4n) is 3.50. The highest BCUT2D eigenvalue weighted by Crippen LogP contribution is 2.10. The molecule has 1 aliphatic heterocycles.